The molecule has 1 amide bonds. The average Bonchev–Trinajstić information content (AvgIpc) is 3.26. The van der Waals surface area contributed by atoms with Gasteiger partial charge in [0.15, 0.2) is 0 Å². The van der Waals surface area contributed by atoms with Crippen molar-refractivity contribution in [3.8, 4) is 6.01 Å². The monoisotopic (exact) mass is 467 g/mol. The fourth-order valence-corrected chi connectivity index (χ4v) is 4.05. The highest BCUT2D eigenvalue weighted by atomic mass is 16.5. The van der Waals surface area contributed by atoms with E-state index in [1.807, 2.05) is 36.4 Å². The second-order valence-corrected chi connectivity index (χ2v) is 8.34. The molecule has 9 heteroatoms. The molecule has 1 aliphatic rings. The molecule has 0 saturated carbocycles. The Hall–Kier alpha value is -4.66. The van der Waals surface area contributed by atoms with Crippen LogP contribution in [0.25, 0.3) is 0 Å². The van der Waals surface area contributed by atoms with Crippen molar-refractivity contribution in [1.82, 2.24) is 15.0 Å². The van der Waals surface area contributed by atoms with Crippen LogP contribution in [-0.2, 0) is 19.4 Å². The summed E-state index contributed by atoms with van der Waals surface area (Å²) in [4.78, 5) is 25.1. The molecule has 0 aliphatic heterocycles. The third-order valence-electron chi connectivity index (χ3n) is 5.81. The first-order chi connectivity index (χ1) is 17.0. The van der Waals surface area contributed by atoms with Crippen molar-refractivity contribution in [2.24, 2.45) is 0 Å². The Morgan fingerprint density at radius 1 is 0.886 bits per heavy atom. The number of hydrogen-bond acceptors (Lipinski definition) is 8. The Kier molecular flexibility index (Phi) is 6.13. The molecule has 0 radical (unpaired) electrons. The Morgan fingerprint density at radius 2 is 1.57 bits per heavy atom. The van der Waals surface area contributed by atoms with Crippen molar-refractivity contribution in [1.29, 1.82) is 0 Å². The van der Waals surface area contributed by atoms with E-state index < -0.39 is 0 Å². The van der Waals surface area contributed by atoms with Crippen LogP contribution in [0.2, 0.25) is 0 Å². The summed E-state index contributed by atoms with van der Waals surface area (Å²) >= 11 is 0. The summed E-state index contributed by atoms with van der Waals surface area (Å²) < 4.78 is 5.75. The molecule has 9 nitrogen and oxygen atoms in total. The largest absolute Gasteiger partial charge is 0.458 e. The van der Waals surface area contributed by atoms with Gasteiger partial charge in [0, 0.05) is 11.6 Å². The van der Waals surface area contributed by atoms with E-state index in [2.05, 4.69) is 37.7 Å². The zero-order chi connectivity index (χ0) is 24.2. The third kappa shape index (κ3) is 5.30. The van der Waals surface area contributed by atoms with Crippen LogP contribution in [0.5, 0.6) is 6.01 Å². The lowest BCUT2D eigenvalue weighted by Crippen LogP contribution is -2.22. The van der Waals surface area contributed by atoms with Gasteiger partial charge in [-0.3, -0.25) is 4.79 Å². The molecule has 1 aliphatic carbocycles. The van der Waals surface area contributed by atoms with Crippen LogP contribution in [0.15, 0.2) is 72.8 Å². The van der Waals surface area contributed by atoms with Gasteiger partial charge in [0.2, 0.25) is 11.9 Å². The number of nitrogens with zero attached hydrogens (tertiary/aromatic N) is 3. The molecule has 4 aromatic rings. The molecule has 0 bridgehead atoms. The molecule has 6 N–H and O–H groups in total. The molecule has 0 atom stereocenters. The van der Waals surface area contributed by atoms with E-state index in [4.69, 9.17) is 16.2 Å². The van der Waals surface area contributed by atoms with Gasteiger partial charge in [-0.1, -0.05) is 48.5 Å². The van der Waals surface area contributed by atoms with Crippen LogP contribution in [0, 0.1) is 0 Å². The molecule has 0 unspecified atom stereocenters. The molecular weight excluding hydrogens is 442 g/mol. The van der Waals surface area contributed by atoms with Crippen molar-refractivity contribution >= 4 is 29.2 Å². The van der Waals surface area contributed by atoms with Crippen molar-refractivity contribution in [2.75, 3.05) is 22.1 Å². The summed E-state index contributed by atoms with van der Waals surface area (Å²) in [5.74, 6) is 0.225. The summed E-state index contributed by atoms with van der Waals surface area (Å²) in [5, 5.41) is 6.14. The van der Waals surface area contributed by atoms with Crippen LogP contribution in [-0.4, -0.2) is 26.9 Å². The van der Waals surface area contributed by atoms with Gasteiger partial charge in [0.1, 0.15) is 6.61 Å². The lowest BCUT2D eigenvalue weighted by molar-refractivity contribution is 0.102. The smallest absolute Gasteiger partial charge is 0.323 e. The van der Waals surface area contributed by atoms with Gasteiger partial charge in [-0.25, -0.2) is 0 Å². The molecule has 35 heavy (non-hydrogen) atoms. The number of fused-ring (bicyclic) bond motifs is 1. The zero-order valence-electron chi connectivity index (χ0n) is 18.9. The molecule has 5 rings (SSSR count). The summed E-state index contributed by atoms with van der Waals surface area (Å²) in [6.45, 7) is 0.214. The van der Waals surface area contributed by atoms with Gasteiger partial charge in [-0.15, -0.1) is 0 Å². The fraction of sp³-hybridized carbons (Fsp3) is 0.154. The van der Waals surface area contributed by atoms with Gasteiger partial charge in [-0.05, 0) is 53.8 Å². The van der Waals surface area contributed by atoms with Crippen LogP contribution < -0.4 is 26.8 Å². The minimum Gasteiger partial charge on any atom is -0.458 e. The quantitative estimate of drug-likeness (QED) is 0.303. The highest BCUT2D eigenvalue weighted by molar-refractivity contribution is 6.05. The number of ether oxygens (including phenoxy) is 1. The summed E-state index contributed by atoms with van der Waals surface area (Å²) in [6.07, 6.45) is 1.80. The van der Waals surface area contributed by atoms with Crippen molar-refractivity contribution < 1.29 is 9.53 Å². The van der Waals surface area contributed by atoms with Crippen LogP contribution >= 0.6 is 0 Å². The van der Waals surface area contributed by atoms with Gasteiger partial charge in [-0.2, -0.15) is 15.0 Å². The maximum atomic E-state index is 12.5. The van der Waals surface area contributed by atoms with Gasteiger partial charge in [0.05, 0.1) is 11.4 Å². The van der Waals surface area contributed by atoms with Gasteiger partial charge < -0.3 is 26.8 Å². The molecule has 0 spiro atoms. The number of nitrogens with one attached hydrogen (secondary N) is 2. The third-order valence-corrected chi connectivity index (χ3v) is 5.81. The van der Waals surface area contributed by atoms with E-state index >= 15 is 0 Å². The molecular formula is C26H25N7O2. The maximum absolute atomic E-state index is 12.5. The lowest BCUT2D eigenvalue weighted by atomic mass is 10.1. The van der Waals surface area contributed by atoms with Crippen LogP contribution in [0.1, 0.15) is 27.0 Å². The highest BCUT2D eigenvalue weighted by Gasteiger charge is 2.22. The number of nitrogen functional groups attached to an aromatic ring is 2. The molecule has 1 aromatic heterocycles. The minimum absolute atomic E-state index is 0.0835. The Bertz CT molecular complexity index is 1330. The number of hydrogen-bond donors (Lipinski definition) is 4. The summed E-state index contributed by atoms with van der Waals surface area (Å²) in [5.41, 5.74) is 16.9. The summed E-state index contributed by atoms with van der Waals surface area (Å²) in [7, 11) is 0. The zero-order valence-corrected chi connectivity index (χ0v) is 18.9. The number of amides is 1. The van der Waals surface area contributed by atoms with E-state index in [0.717, 1.165) is 18.4 Å². The first-order valence-corrected chi connectivity index (χ1v) is 11.3. The van der Waals surface area contributed by atoms with Crippen LogP contribution in [0.3, 0.4) is 0 Å². The average molecular weight is 468 g/mol. The second-order valence-electron chi connectivity index (χ2n) is 8.34. The number of para-hydroxylation sites is 2. The topological polar surface area (TPSA) is 141 Å². The molecule has 1 heterocycles. The van der Waals surface area contributed by atoms with E-state index in [9.17, 15) is 4.79 Å². The first-order valence-electron chi connectivity index (χ1n) is 11.3. The molecule has 3 aromatic carbocycles. The fourth-order valence-electron chi connectivity index (χ4n) is 4.05. The second kappa shape index (κ2) is 9.68. The maximum Gasteiger partial charge on any atom is 0.323 e. The SMILES string of the molecule is Nc1nc(NC2Cc3ccccc3C2)nc(OCc2ccc(C(=O)Nc3ccccc3N)cc2)n1. The van der Waals surface area contributed by atoms with Gasteiger partial charge >= 0.3 is 6.01 Å². The van der Waals surface area contributed by atoms with Gasteiger partial charge in [0.25, 0.3) is 5.91 Å². The number of nitrogens with two attached hydrogens (primary N) is 2. The molecule has 0 fully saturated rings. The van der Waals surface area contributed by atoms with E-state index in [0.29, 0.717) is 22.9 Å². The number of anilines is 4. The predicted octanol–water partition coefficient (Wildman–Crippen LogP) is 3.45. The standard InChI is InChI=1S/C26H25N7O2/c27-21-7-3-4-8-22(21)30-23(34)17-11-9-16(10-12-17)15-35-26-32-24(28)31-25(33-26)29-20-13-18-5-1-2-6-19(18)14-20/h1-12,20H,13-15,27H2,(H,30,34)(H3,28,29,31,32,33). The van der Waals surface area contributed by atoms with E-state index in [1.165, 1.54) is 11.1 Å². The number of carbonyl (C=O) groups is 1. The number of carbonyl (C=O) groups excluding carboxylic acids is 1. The number of rotatable bonds is 7. The lowest BCUT2D eigenvalue weighted by Gasteiger charge is -2.13. The number of aromatic nitrogens is 3. The predicted molar refractivity (Wildman–Crippen MR) is 135 cm³/mol. The van der Waals surface area contributed by atoms with Crippen molar-refractivity contribution in [2.45, 2.75) is 25.5 Å². The Morgan fingerprint density at radius 3 is 2.29 bits per heavy atom. The highest BCUT2D eigenvalue weighted by Crippen LogP contribution is 2.24. The van der Waals surface area contributed by atoms with E-state index in [-0.39, 0.29) is 30.5 Å². The normalized spacial score (nSPS) is 12.7. The van der Waals surface area contributed by atoms with Crippen LogP contribution in [0.4, 0.5) is 23.3 Å². The summed E-state index contributed by atoms with van der Waals surface area (Å²) in [6, 6.07) is 22.9. The molecule has 176 valence electrons. The van der Waals surface area contributed by atoms with E-state index in [1.54, 1.807) is 24.3 Å². The van der Waals surface area contributed by atoms with Crippen molar-refractivity contribution in [3.05, 3.63) is 95.1 Å². The Labute approximate surface area is 202 Å². The Balaban J connectivity index is 1.18. The first kappa shape index (κ1) is 22.1. The number of benzene rings is 3. The minimum atomic E-state index is -0.245. The van der Waals surface area contributed by atoms with Crippen molar-refractivity contribution in [3.63, 3.8) is 0 Å². The molecule has 0 saturated heterocycles.